The largest absolute Gasteiger partial charge is 0.487 e. The van der Waals surface area contributed by atoms with Crippen molar-refractivity contribution in [1.29, 1.82) is 0 Å². The number of carbonyl (C=O) groups excluding carboxylic acids is 1. The van der Waals surface area contributed by atoms with Gasteiger partial charge in [-0.3, -0.25) is 14.5 Å². The van der Waals surface area contributed by atoms with Crippen LogP contribution in [0.3, 0.4) is 0 Å². The van der Waals surface area contributed by atoms with Crippen molar-refractivity contribution in [3.8, 4) is 5.75 Å². The second-order valence-electron chi connectivity index (χ2n) is 7.19. The number of halogens is 1. The molecule has 0 aliphatic carbocycles. The molecule has 136 valence electrons. The standard InChI is InChI=1S/C18H24BrN3O3/c1-3-4-10-25-16-14-18(24)21-9-5-8-20(2)17(21)12-7-6-11(22(12)14)13(19)15(16)23/h12,17H,3-10H2,1-2H3. The number of nitrogens with zero attached hydrogens (tertiary/aromatic N) is 3. The minimum atomic E-state index is -0.185. The minimum absolute atomic E-state index is 0.0629. The molecule has 4 rings (SSSR count). The number of pyridine rings is 1. The van der Waals surface area contributed by atoms with E-state index < -0.39 is 0 Å². The van der Waals surface area contributed by atoms with Crippen molar-refractivity contribution in [3.05, 3.63) is 26.1 Å². The van der Waals surface area contributed by atoms with Gasteiger partial charge in [-0.15, -0.1) is 0 Å². The van der Waals surface area contributed by atoms with Crippen molar-refractivity contribution >= 4 is 21.8 Å². The van der Waals surface area contributed by atoms with Crippen molar-refractivity contribution in [2.45, 2.75) is 51.2 Å². The van der Waals surface area contributed by atoms with Crippen LogP contribution in [0.1, 0.15) is 54.8 Å². The van der Waals surface area contributed by atoms with Gasteiger partial charge in [-0.2, -0.15) is 0 Å². The van der Waals surface area contributed by atoms with Crippen LogP contribution >= 0.6 is 15.9 Å². The van der Waals surface area contributed by atoms with E-state index in [1.165, 1.54) is 0 Å². The lowest BCUT2D eigenvalue weighted by atomic mass is 10.0. The maximum absolute atomic E-state index is 13.3. The van der Waals surface area contributed by atoms with Gasteiger partial charge in [-0.25, -0.2) is 0 Å². The summed E-state index contributed by atoms with van der Waals surface area (Å²) in [4.78, 5) is 30.3. The fraction of sp³-hybridized carbons (Fsp3) is 0.667. The molecular formula is C18H24BrN3O3. The van der Waals surface area contributed by atoms with Gasteiger partial charge in [0.25, 0.3) is 5.91 Å². The molecule has 1 fully saturated rings. The highest BCUT2D eigenvalue weighted by molar-refractivity contribution is 9.10. The highest BCUT2D eigenvalue weighted by Gasteiger charge is 2.48. The number of hydrogen-bond donors (Lipinski definition) is 0. The first-order valence-electron chi connectivity index (χ1n) is 9.17. The molecule has 0 N–H and O–H groups in total. The van der Waals surface area contributed by atoms with Gasteiger partial charge in [-0.1, -0.05) is 13.3 Å². The molecule has 3 aliphatic heterocycles. The lowest BCUT2D eigenvalue weighted by Crippen LogP contribution is -2.61. The Morgan fingerprint density at radius 2 is 2.08 bits per heavy atom. The van der Waals surface area contributed by atoms with Crippen molar-refractivity contribution in [3.63, 3.8) is 0 Å². The summed E-state index contributed by atoms with van der Waals surface area (Å²) in [5.41, 5.74) is 1.23. The Hall–Kier alpha value is -1.34. The quantitative estimate of drug-likeness (QED) is 0.716. The van der Waals surface area contributed by atoms with E-state index in [2.05, 4.69) is 39.4 Å². The van der Waals surface area contributed by atoms with E-state index in [1.807, 2.05) is 4.90 Å². The molecule has 7 heteroatoms. The second-order valence-corrected chi connectivity index (χ2v) is 7.98. The Morgan fingerprint density at radius 3 is 2.84 bits per heavy atom. The number of amides is 1. The molecule has 2 atom stereocenters. The van der Waals surface area contributed by atoms with Gasteiger partial charge in [0.1, 0.15) is 6.17 Å². The summed E-state index contributed by atoms with van der Waals surface area (Å²) in [7, 11) is 2.09. The molecule has 0 bridgehead atoms. The van der Waals surface area contributed by atoms with Crippen molar-refractivity contribution in [1.82, 2.24) is 14.4 Å². The fourth-order valence-electron chi connectivity index (χ4n) is 4.49. The summed E-state index contributed by atoms with van der Waals surface area (Å²) >= 11 is 3.48. The molecule has 1 aromatic rings. The van der Waals surface area contributed by atoms with Crippen LogP contribution in [0.2, 0.25) is 0 Å². The van der Waals surface area contributed by atoms with E-state index in [0.29, 0.717) is 16.8 Å². The molecule has 0 saturated carbocycles. The van der Waals surface area contributed by atoms with E-state index in [-0.39, 0.29) is 29.3 Å². The smallest absolute Gasteiger partial charge is 0.275 e. The van der Waals surface area contributed by atoms with Crippen LogP contribution in [0.15, 0.2) is 9.27 Å². The van der Waals surface area contributed by atoms with Crippen LogP contribution in [-0.2, 0) is 6.42 Å². The van der Waals surface area contributed by atoms with Crippen molar-refractivity contribution in [2.24, 2.45) is 0 Å². The number of likely N-dealkylation sites (N-methyl/N-ethyl adjacent to an activating group) is 1. The van der Waals surface area contributed by atoms with Crippen LogP contribution in [-0.4, -0.2) is 53.2 Å². The third kappa shape index (κ3) is 2.46. The van der Waals surface area contributed by atoms with E-state index >= 15 is 0 Å². The number of hydrogen-bond acceptors (Lipinski definition) is 4. The summed E-state index contributed by atoms with van der Waals surface area (Å²) in [6.07, 6.45) is 4.65. The summed E-state index contributed by atoms with van der Waals surface area (Å²) in [6.45, 7) is 4.29. The van der Waals surface area contributed by atoms with Gasteiger partial charge >= 0.3 is 0 Å². The molecule has 0 aromatic carbocycles. The highest BCUT2D eigenvalue weighted by atomic mass is 79.9. The number of unbranched alkanes of at least 4 members (excludes halogenated alkanes) is 1. The van der Waals surface area contributed by atoms with E-state index in [4.69, 9.17) is 4.74 Å². The zero-order chi connectivity index (χ0) is 17.7. The first-order valence-corrected chi connectivity index (χ1v) is 9.96. The summed E-state index contributed by atoms with van der Waals surface area (Å²) < 4.78 is 8.50. The first kappa shape index (κ1) is 17.1. The molecule has 0 spiro atoms. The normalized spacial score (nSPS) is 25.1. The molecule has 25 heavy (non-hydrogen) atoms. The van der Waals surface area contributed by atoms with Crippen LogP contribution < -0.4 is 10.2 Å². The number of aromatic nitrogens is 1. The van der Waals surface area contributed by atoms with Crippen LogP contribution in [0, 0.1) is 0 Å². The molecular weight excluding hydrogens is 386 g/mol. The van der Waals surface area contributed by atoms with Gasteiger partial charge in [-0.05, 0) is 48.7 Å². The molecule has 1 saturated heterocycles. The number of rotatable bonds is 4. The molecule has 1 amide bonds. The highest BCUT2D eigenvalue weighted by Crippen LogP contribution is 2.43. The number of ether oxygens (including phenoxy) is 1. The second kappa shape index (κ2) is 6.43. The average Bonchev–Trinajstić information content (AvgIpc) is 3.03. The SMILES string of the molecule is CCCCOc1c2n3c(c(Br)c1=O)CCC3C1N(C)CCCN1C2=O. The van der Waals surface area contributed by atoms with E-state index in [0.717, 1.165) is 50.9 Å². The lowest BCUT2D eigenvalue weighted by Gasteiger charge is -2.49. The van der Waals surface area contributed by atoms with Gasteiger partial charge in [0.05, 0.1) is 17.1 Å². The molecule has 2 unspecified atom stereocenters. The monoisotopic (exact) mass is 409 g/mol. The summed E-state index contributed by atoms with van der Waals surface area (Å²) in [6, 6.07) is 0.193. The number of fused-ring (bicyclic) bond motifs is 2. The maximum Gasteiger partial charge on any atom is 0.275 e. The van der Waals surface area contributed by atoms with Gasteiger partial charge in [0.15, 0.2) is 11.4 Å². The summed E-state index contributed by atoms with van der Waals surface area (Å²) in [5.74, 6) is 0.166. The van der Waals surface area contributed by atoms with Crippen LogP contribution in [0.5, 0.6) is 5.75 Å². The predicted molar refractivity (Wildman–Crippen MR) is 98.2 cm³/mol. The zero-order valence-electron chi connectivity index (χ0n) is 14.8. The van der Waals surface area contributed by atoms with Crippen LogP contribution in [0.25, 0.3) is 0 Å². The van der Waals surface area contributed by atoms with Crippen molar-refractivity contribution in [2.75, 3.05) is 26.7 Å². The van der Waals surface area contributed by atoms with E-state index in [1.54, 1.807) is 0 Å². The number of carbonyl (C=O) groups is 1. The summed E-state index contributed by atoms with van der Waals surface area (Å²) in [5, 5.41) is 0. The van der Waals surface area contributed by atoms with Gasteiger partial charge in [0.2, 0.25) is 5.43 Å². The molecule has 0 radical (unpaired) electrons. The Bertz CT molecular complexity index is 776. The minimum Gasteiger partial charge on any atom is -0.487 e. The molecule has 3 aliphatic rings. The molecule has 1 aromatic heterocycles. The topological polar surface area (TPSA) is 54.8 Å². The van der Waals surface area contributed by atoms with Crippen LogP contribution in [0.4, 0.5) is 0 Å². The Labute approximate surface area is 155 Å². The third-order valence-electron chi connectivity index (χ3n) is 5.65. The fourth-order valence-corrected chi connectivity index (χ4v) is 5.05. The van der Waals surface area contributed by atoms with E-state index in [9.17, 15) is 9.59 Å². The lowest BCUT2D eigenvalue weighted by molar-refractivity contribution is -0.0152. The van der Waals surface area contributed by atoms with Crippen molar-refractivity contribution < 1.29 is 9.53 Å². The van der Waals surface area contributed by atoms with Gasteiger partial charge in [0, 0.05) is 18.8 Å². The third-order valence-corrected chi connectivity index (χ3v) is 6.46. The Balaban J connectivity index is 1.88. The molecule has 4 heterocycles. The molecule has 6 nitrogen and oxygen atoms in total. The zero-order valence-corrected chi connectivity index (χ0v) is 16.3. The predicted octanol–water partition coefficient (Wildman–Crippen LogP) is 2.39. The Morgan fingerprint density at radius 1 is 1.28 bits per heavy atom. The maximum atomic E-state index is 13.3. The average molecular weight is 410 g/mol. The van der Waals surface area contributed by atoms with Gasteiger partial charge < -0.3 is 14.2 Å². The Kier molecular flexibility index (Phi) is 4.40. The first-order chi connectivity index (χ1) is 12.1.